The van der Waals surface area contributed by atoms with Gasteiger partial charge in [0.1, 0.15) is 5.01 Å². The van der Waals surface area contributed by atoms with Gasteiger partial charge in [0.05, 0.1) is 5.69 Å². The minimum absolute atomic E-state index is 0.269. The Balaban J connectivity index is 2.21. The largest absolute Gasteiger partial charge is 0.329 e. The van der Waals surface area contributed by atoms with E-state index in [0.717, 1.165) is 13.0 Å². The molecule has 1 saturated carbocycles. The molecule has 0 radical (unpaired) electrons. The highest BCUT2D eigenvalue weighted by molar-refractivity contribution is 7.11. The molecule has 2 nitrogen and oxygen atoms in total. The smallest absolute Gasteiger partial charge is 0.101 e. The highest BCUT2D eigenvalue weighted by Gasteiger charge is 2.45. The lowest BCUT2D eigenvalue weighted by molar-refractivity contribution is 0.627. The number of aromatic nitrogens is 1. The van der Waals surface area contributed by atoms with Crippen LogP contribution in [0.15, 0.2) is 0 Å². The van der Waals surface area contributed by atoms with Crippen molar-refractivity contribution in [3.05, 3.63) is 15.6 Å². The molecule has 1 aromatic rings. The Bertz CT molecular complexity index is 351. The number of nitrogens with two attached hydrogens (primary N) is 1. The minimum atomic E-state index is 0.269. The Hall–Kier alpha value is -0.410. The molecule has 0 amide bonds. The van der Waals surface area contributed by atoms with Crippen LogP contribution in [0.4, 0.5) is 0 Å². The zero-order valence-corrected chi connectivity index (χ0v) is 10.7. The quantitative estimate of drug-likeness (QED) is 0.854. The summed E-state index contributed by atoms with van der Waals surface area (Å²) in [5, 5.41) is 1.29. The number of hydrogen-bond donors (Lipinski definition) is 1. The molecule has 1 heterocycles. The van der Waals surface area contributed by atoms with Crippen molar-refractivity contribution >= 4 is 11.3 Å². The number of aryl methyl sites for hydroxylation is 1. The molecule has 1 aliphatic carbocycles. The Morgan fingerprint density at radius 2 is 2.13 bits per heavy atom. The molecule has 0 spiro atoms. The maximum atomic E-state index is 5.83. The van der Waals surface area contributed by atoms with E-state index in [1.807, 2.05) is 11.3 Å². The fourth-order valence-electron chi connectivity index (χ4n) is 1.89. The van der Waals surface area contributed by atoms with Crippen molar-refractivity contribution in [2.75, 3.05) is 6.54 Å². The van der Waals surface area contributed by atoms with Crippen LogP contribution in [0, 0.1) is 12.8 Å². The monoisotopic (exact) mass is 224 g/mol. The number of rotatable bonds is 4. The van der Waals surface area contributed by atoms with Crippen LogP contribution < -0.4 is 5.73 Å². The van der Waals surface area contributed by atoms with Crippen molar-refractivity contribution in [1.82, 2.24) is 4.98 Å². The number of nitrogens with zero attached hydrogens (tertiary/aromatic N) is 1. The van der Waals surface area contributed by atoms with Gasteiger partial charge in [0.15, 0.2) is 0 Å². The molecule has 0 atom stereocenters. The standard InChI is InChI=1S/C12H20N2S/c1-8(2)6-10-9(3)15-11(14-10)12(7-13)4-5-12/h8H,4-7,13H2,1-3H3. The molecule has 15 heavy (non-hydrogen) atoms. The molecule has 2 rings (SSSR count). The first kappa shape index (κ1) is 11.1. The van der Waals surface area contributed by atoms with E-state index in [1.165, 1.54) is 28.4 Å². The lowest BCUT2D eigenvalue weighted by Crippen LogP contribution is -2.19. The van der Waals surface area contributed by atoms with Gasteiger partial charge < -0.3 is 5.73 Å². The average molecular weight is 224 g/mol. The molecule has 0 aromatic carbocycles. The zero-order chi connectivity index (χ0) is 11.1. The lowest BCUT2D eigenvalue weighted by Gasteiger charge is -2.07. The third-order valence-corrected chi connectivity index (χ3v) is 4.45. The molecule has 0 unspecified atom stereocenters. The number of thiazole rings is 1. The van der Waals surface area contributed by atoms with E-state index in [2.05, 4.69) is 20.8 Å². The average Bonchev–Trinajstić information content (AvgIpc) is 2.88. The van der Waals surface area contributed by atoms with Gasteiger partial charge in [-0.2, -0.15) is 0 Å². The summed E-state index contributed by atoms with van der Waals surface area (Å²) in [6, 6.07) is 0. The second-order valence-corrected chi connectivity index (χ2v) is 6.31. The Labute approximate surface area is 95.9 Å². The van der Waals surface area contributed by atoms with E-state index < -0.39 is 0 Å². The van der Waals surface area contributed by atoms with E-state index in [1.54, 1.807) is 0 Å². The summed E-state index contributed by atoms with van der Waals surface area (Å²) < 4.78 is 0. The Morgan fingerprint density at radius 3 is 2.60 bits per heavy atom. The van der Waals surface area contributed by atoms with Gasteiger partial charge in [0.2, 0.25) is 0 Å². The Morgan fingerprint density at radius 1 is 1.47 bits per heavy atom. The molecule has 84 valence electrons. The first-order chi connectivity index (χ1) is 7.07. The molecule has 0 bridgehead atoms. The van der Waals surface area contributed by atoms with E-state index >= 15 is 0 Å². The van der Waals surface area contributed by atoms with Crippen LogP contribution in [-0.4, -0.2) is 11.5 Å². The van der Waals surface area contributed by atoms with Crippen molar-refractivity contribution < 1.29 is 0 Å². The van der Waals surface area contributed by atoms with Crippen LogP contribution in [0.1, 0.15) is 42.3 Å². The normalized spacial score (nSPS) is 18.5. The summed E-state index contributed by atoms with van der Waals surface area (Å²) in [7, 11) is 0. The summed E-state index contributed by atoms with van der Waals surface area (Å²) in [6.07, 6.45) is 3.57. The molecule has 0 saturated heterocycles. The molecule has 1 fully saturated rings. The maximum Gasteiger partial charge on any atom is 0.101 e. The third kappa shape index (κ3) is 2.08. The minimum Gasteiger partial charge on any atom is -0.329 e. The van der Waals surface area contributed by atoms with Crippen LogP contribution >= 0.6 is 11.3 Å². The van der Waals surface area contributed by atoms with Gasteiger partial charge >= 0.3 is 0 Å². The SMILES string of the molecule is Cc1sc(C2(CN)CC2)nc1CC(C)C. The van der Waals surface area contributed by atoms with E-state index in [0.29, 0.717) is 5.92 Å². The Kier molecular flexibility index (Phi) is 2.86. The highest BCUT2D eigenvalue weighted by Crippen LogP contribution is 2.49. The molecule has 1 aliphatic rings. The zero-order valence-electron chi connectivity index (χ0n) is 9.84. The molecule has 1 aromatic heterocycles. The fraction of sp³-hybridized carbons (Fsp3) is 0.750. The molecular weight excluding hydrogens is 204 g/mol. The van der Waals surface area contributed by atoms with Crippen LogP contribution in [0.5, 0.6) is 0 Å². The van der Waals surface area contributed by atoms with Gasteiger partial charge in [-0.05, 0) is 32.1 Å². The van der Waals surface area contributed by atoms with Gasteiger partial charge in [0.25, 0.3) is 0 Å². The van der Waals surface area contributed by atoms with E-state index in [9.17, 15) is 0 Å². The lowest BCUT2D eigenvalue weighted by atomic mass is 10.1. The second-order valence-electron chi connectivity index (χ2n) is 5.10. The molecular formula is C12H20N2S. The van der Waals surface area contributed by atoms with Gasteiger partial charge in [-0.1, -0.05) is 13.8 Å². The van der Waals surface area contributed by atoms with Gasteiger partial charge in [-0.25, -0.2) is 4.98 Å². The first-order valence-corrected chi connectivity index (χ1v) is 6.56. The summed E-state index contributed by atoms with van der Waals surface area (Å²) in [4.78, 5) is 6.18. The summed E-state index contributed by atoms with van der Waals surface area (Å²) in [6.45, 7) is 7.44. The van der Waals surface area contributed by atoms with Crippen molar-refractivity contribution in [2.45, 2.75) is 45.4 Å². The highest BCUT2D eigenvalue weighted by atomic mass is 32.1. The van der Waals surface area contributed by atoms with Gasteiger partial charge in [0, 0.05) is 16.8 Å². The van der Waals surface area contributed by atoms with Crippen molar-refractivity contribution in [1.29, 1.82) is 0 Å². The van der Waals surface area contributed by atoms with Crippen molar-refractivity contribution in [2.24, 2.45) is 11.7 Å². The molecule has 3 heteroatoms. The van der Waals surface area contributed by atoms with Crippen LogP contribution in [0.2, 0.25) is 0 Å². The summed E-state index contributed by atoms with van der Waals surface area (Å²) >= 11 is 1.86. The summed E-state index contributed by atoms with van der Waals surface area (Å²) in [5.74, 6) is 0.687. The van der Waals surface area contributed by atoms with E-state index in [4.69, 9.17) is 10.7 Å². The fourth-order valence-corrected chi connectivity index (χ4v) is 3.08. The van der Waals surface area contributed by atoms with Crippen molar-refractivity contribution in [3.8, 4) is 0 Å². The second kappa shape index (κ2) is 3.87. The molecule has 0 aliphatic heterocycles. The van der Waals surface area contributed by atoms with Gasteiger partial charge in [-0.15, -0.1) is 11.3 Å². The maximum absolute atomic E-state index is 5.83. The third-order valence-electron chi connectivity index (χ3n) is 3.19. The predicted octanol–water partition coefficient (Wildman–Crippen LogP) is 2.64. The summed E-state index contributed by atoms with van der Waals surface area (Å²) in [5.41, 5.74) is 7.39. The van der Waals surface area contributed by atoms with Crippen LogP contribution in [-0.2, 0) is 11.8 Å². The first-order valence-electron chi connectivity index (χ1n) is 5.74. The van der Waals surface area contributed by atoms with Crippen LogP contribution in [0.3, 0.4) is 0 Å². The predicted molar refractivity (Wildman–Crippen MR) is 65.4 cm³/mol. The van der Waals surface area contributed by atoms with Crippen LogP contribution in [0.25, 0.3) is 0 Å². The number of hydrogen-bond acceptors (Lipinski definition) is 3. The molecule has 2 N–H and O–H groups in total. The van der Waals surface area contributed by atoms with E-state index in [-0.39, 0.29) is 5.41 Å². The van der Waals surface area contributed by atoms with Gasteiger partial charge in [-0.3, -0.25) is 0 Å². The van der Waals surface area contributed by atoms with Crippen molar-refractivity contribution in [3.63, 3.8) is 0 Å². The topological polar surface area (TPSA) is 38.9 Å².